The molecule has 19 heavy (non-hydrogen) atoms. The standard InChI is InChI=1S/C17H24OS/c1-11-9-16(12(2)19-11)17(18)15-8-7-13-5-3-4-6-14(13)10-15/h9,13-15H,3-8,10H2,1-2H3. The molecule has 0 bridgehead atoms. The minimum absolute atomic E-state index is 0.312. The van der Waals surface area contributed by atoms with Crippen LogP contribution in [0.1, 0.15) is 65.1 Å². The molecule has 3 unspecified atom stereocenters. The second kappa shape index (κ2) is 5.40. The number of hydrogen-bond donors (Lipinski definition) is 0. The largest absolute Gasteiger partial charge is 0.294 e. The van der Waals surface area contributed by atoms with Gasteiger partial charge in [0.2, 0.25) is 0 Å². The van der Waals surface area contributed by atoms with Crippen molar-refractivity contribution in [3.05, 3.63) is 21.4 Å². The molecule has 0 radical (unpaired) electrons. The van der Waals surface area contributed by atoms with E-state index in [1.54, 1.807) is 11.3 Å². The second-order valence-electron chi connectivity index (χ2n) is 6.51. The van der Waals surface area contributed by atoms with E-state index in [9.17, 15) is 4.79 Å². The van der Waals surface area contributed by atoms with Gasteiger partial charge in [-0.2, -0.15) is 0 Å². The van der Waals surface area contributed by atoms with E-state index in [0.29, 0.717) is 11.7 Å². The van der Waals surface area contributed by atoms with Crippen molar-refractivity contribution in [1.82, 2.24) is 0 Å². The van der Waals surface area contributed by atoms with Gasteiger partial charge in [-0.15, -0.1) is 11.3 Å². The summed E-state index contributed by atoms with van der Waals surface area (Å²) in [5, 5.41) is 0. The fourth-order valence-electron chi connectivity index (χ4n) is 4.21. The van der Waals surface area contributed by atoms with Crippen LogP contribution in [0.5, 0.6) is 0 Å². The van der Waals surface area contributed by atoms with E-state index in [1.807, 2.05) is 0 Å². The summed E-state index contributed by atoms with van der Waals surface area (Å²) in [5.41, 5.74) is 1.02. The van der Waals surface area contributed by atoms with Crippen LogP contribution < -0.4 is 0 Å². The molecule has 0 N–H and O–H groups in total. The van der Waals surface area contributed by atoms with Crippen molar-refractivity contribution in [2.45, 2.75) is 58.8 Å². The highest BCUT2D eigenvalue weighted by molar-refractivity contribution is 7.12. The highest BCUT2D eigenvalue weighted by atomic mass is 32.1. The van der Waals surface area contributed by atoms with E-state index in [1.165, 1.54) is 41.9 Å². The molecule has 2 fully saturated rings. The lowest BCUT2D eigenvalue weighted by Gasteiger charge is -2.38. The van der Waals surface area contributed by atoms with Gasteiger partial charge in [-0.3, -0.25) is 4.79 Å². The molecule has 1 aromatic rings. The van der Waals surface area contributed by atoms with Crippen molar-refractivity contribution in [3.63, 3.8) is 0 Å². The molecule has 0 amide bonds. The van der Waals surface area contributed by atoms with E-state index < -0.39 is 0 Å². The summed E-state index contributed by atoms with van der Waals surface area (Å²) in [6, 6.07) is 2.11. The van der Waals surface area contributed by atoms with Crippen molar-refractivity contribution >= 4 is 17.1 Å². The number of ketones is 1. The summed E-state index contributed by atoms with van der Waals surface area (Å²) >= 11 is 1.76. The predicted octanol–water partition coefficient (Wildman–Crippen LogP) is 5.15. The third kappa shape index (κ3) is 2.65. The number of carbonyl (C=O) groups is 1. The first-order valence-electron chi connectivity index (χ1n) is 7.76. The molecule has 0 aromatic carbocycles. The minimum Gasteiger partial charge on any atom is -0.294 e. The summed E-state index contributed by atoms with van der Waals surface area (Å²) < 4.78 is 0. The van der Waals surface area contributed by atoms with E-state index in [2.05, 4.69) is 19.9 Å². The van der Waals surface area contributed by atoms with Gasteiger partial charge in [0, 0.05) is 21.2 Å². The first-order valence-corrected chi connectivity index (χ1v) is 8.58. The maximum atomic E-state index is 12.7. The number of hydrogen-bond acceptors (Lipinski definition) is 2. The topological polar surface area (TPSA) is 17.1 Å². The molecule has 0 saturated heterocycles. The summed E-state index contributed by atoms with van der Waals surface area (Å²) in [5.74, 6) is 2.53. The highest BCUT2D eigenvalue weighted by Crippen LogP contribution is 2.43. The molecular formula is C17H24OS. The van der Waals surface area contributed by atoms with Gasteiger partial charge in [-0.05, 0) is 51.0 Å². The second-order valence-corrected chi connectivity index (χ2v) is 7.97. The third-order valence-corrected chi connectivity index (χ3v) is 6.18. The van der Waals surface area contributed by atoms with Gasteiger partial charge >= 0.3 is 0 Å². The fraction of sp³-hybridized carbons (Fsp3) is 0.706. The van der Waals surface area contributed by atoms with Crippen LogP contribution in [0.15, 0.2) is 6.07 Å². The average molecular weight is 276 g/mol. The molecule has 0 aliphatic heterocycles. The van der Waals surface area contributed by atoms with Gasteiger partial charge in [-0.25, -0.2) is 0 Å². The van der Waals surface area contributed by atoms with Crippen LogP contribution in [0.3, 0.4) is 0 Å². The monoisotopic (exact) mass is 276 g/mol. The van der Waals surface area contributed by atoms with Crippen LogP contribution >= 0.6 is 11.3 Å². The Labute approximate surface area is 120 Å². The lowest BCUT2D eigenvalue weighted by molar-refractivity contribution is 0.0763. The van der Waals surface area contributed by atoms with Crippen LogP contribution in [-0.4, -0.2) is 5.78 Å². The van der Waals surface area contributed by atoms with Crippen molar-refractivity contribution in [1.29, 1.82) is 0 Å². The first-order chi connectivity index (χ1) is 9.15. The molecule has 3 atom stereocenters. The summed E-state index contributed by atoms with van der Waals surface area (Å²) in [4.78, 5) is 15.2. The fourth-order valence-corrected chi connectivity index (χ4v) is 5.14. The van der Waals surface area contributed by atoms with Gasteiger partial charge in [0.1, 0.15) is 0 Å². The maximum absolute atomic E-state index is 12.7. The molecule has 1 heterocycles. The Balaban J connectivity index is 1.72. The maximum Gasteiger partial charge on any atom is 0.167 e. The lowest BCUT2D eigenvalue weighted by atomic mass is 9.66. The smallest absolute Gasteiger partial charge is 0.167 e. The molecule has 2 aliphatic rings. The number of aryl methyl sites for hydroxylation is 2. The lowest BCUT2D eigenvalue weighted by Crippen LogP contribution is -2.31. The van der Waals surface area contributed by atoms with E-state index in [0.717, 1.165) is 30.2 Å². The molecular weight excluding hydrogens is 252 g/mol. The van der Waals surface area contributed by atoms with E-state index >= 15 is 0 Å². The molecule has 1 nitrogen and oxygen atoms in total. The third-order valence-electron chi connectivity index (χ3n) is 5.22. The molecule has 2 heteroatoms. The number of carbonyl (C=O) groups excluding carboxylic acids is 1. The van der Waals surface area contributed by atoms with Crippen molar-refractivity contribution in [2.75, 3.05) is 0 Å². The number of Topliss-reactive ketones (excluding diaryl/α,β-unsaturated/α-hetero) is 1. The molecule has 2 aliphatic carbocycles. The van der Waals surface area contributed by atoms with Crippen LogP contribution in [0, 0.1) is 31.6 Å². The zero-order valence-corrected chi connectivity index (χ0v) is 12.9. The first kappa shape index (κ1) is 13.4. The average Bonchev–Trinajstić information content (AvgIpc) is 2.76. The Hall–Kier alpha value is -0.630. The zero-order chi connectivity index (χ0) is 13.4. The molecule has 0 spiro atoms. The highest BCUT2D eigenvalue weighted by Gasteiger charge is 2.35. The number of fused-ring (bicyclic) bond motifs is 1. The van der Waals surface area contributed by atoms with Crippen LogP contribution in [0.4, 0.5) is 0 Å². The van der Waals surface area contributed by atoms with Gasteiger partial charge in [0.25, 0.3) is 0 Å². The summed E-state index contributed by atoms with van der Waals surface area (Å²) in [6.45, 7) is 4.20. The number of rotatable bonds is 2. The summed E-state index contributed by atoms with van der Waals surface area (Å²) in [6.07, 6.45) is 9.19. The van der Waals surface area contributed by atoms with Gasteiger partial charge < -0.3 is 0 Å². The Morgan fingerprint density at radius 3 is 2.53 bits per heavy atom. The van der Waals surface area contributed by atoms with Crippen LogP contribution in [0.25, 0.3) is 0 Å². The quantitative estimate of drug-likeness (QED) is 0.682. The SMILES string of the molecule is Cc1cc(C(=O)C2CCC3CCCCC3C2)c(C)s1. The Kier molecular flexibility index (Phi) is 3.79. The van der Waals surface area contributed by atoms with Crippen LogP contribution in [-0.2, 0) is 0 Å². The van der Waals surface area contributed by atoms with Crippen molar-refractivity contribution in [2.24, 2.45) is 17.8 Å². The van der Waals surface area contributed by atoms with E-state index in [-0.39, 0.29) is 0 Å². The minimum atomic E-state index is 0.312. The van der Waals surface area contributed by atoms with Gasteiger partial charge in [-0.1, -0.05) is 25.7 Å². The zero-order valence-electron chi connectivity index (χ0n) is 12.1. The van der Waals surface area contributed by atoms with E-state index in [4.69, 9.17) is 0 Å². The van der Waals surface area contributed by atoms with Crippen molar-refractivity contribution in [3.8, 4) is 0 Å². The van der Waals surface area contributed by atoms with Gasteiger partial charge in [0.05, 0.1) is 0 Å². The Morgan fingerprint density at radius 2 is 1.84 bits per heavy atom. The molecule has 104 valence electrons. The molecule has 2 saturated carbocycles. The summed E-state index contributed by atoms with van der Waals surface area (Å²) in [7, 11) is 0. The van der Waals surface area contributed by atoms with Gasteiger partial charge in [0.15, 0.2) is 5.78 Å². The molecule has 1 aromatic heterocycles. The Bertz CT molecular complexity index is 474. The Morgan fingerprint density at radius 1 is 1.11 bits per heavy atom. The van der Waals surface area contributed by atoms with Crippen LogP contribution in [0.2, 0.25) is 0 Å². The molecule has 3 rings (SSSR count). The number of thiophene rings is 1. The van der Waals surface area contributed by atoms with Crippen molar-refractivity contribution < 1.29 is 4.79 Å². The predicted molar refractivity (Wildman–Crippen MR) is 80.9 cm³/mol. The normalized spacial score (nSPS) is 30.9.